The van der Waals surface area contributed by atoms with Gasteiger partial charge in [-0.05, 0) is 56.6 Å². The third kappa shape index (κ3) is 7.04. The third-order valence-corrected chi connectivity index (χ3v) is 4.84. The smallest absolute Gasteiger partial charge is 0.321 e. The first-order valence-corrected chi connectivity index (χ1v) is 9.62. The first kappa shape index (κ1) is 20.2. The minimum atomic E-state index is -0.113. The molecule has 26 heavy (non-hydrogen) atoms. The molecule has 6 nitrogen and oxygen atoms in total. The highest BCUT2D eigenvalue weighted by atomic mass is 16.2. The molecule has 0 atom stereocenters. The Hall–Kier alpha value is -2.08. The summed E-state index contributed by atoms with van der Waals surface area (Å²) in [6.07, 6.45) is 6.58. The summed E-state index contributed by atoms with van der Waals surface area (Å²) in [4.78, 5) is 28.1. The van der Waals surface area contributed by atoms with Crippen molar-refractivity contribution in [2.24, 2.45) is 0 Å². The Morgan fingerprint density at radius 2 is 1.88 bits per heavy atom. The highest BCUT2D eigenvalue weighted by Crippen LogP contribution is 2.13. The SMILES string of the molecule is CNC(=O)Cc1cccc(NC(=O)N(C)CCCN2CCCCCC2)c1. The van der Waals surface area contributed by atoms with Crippen LogP contribution in [-0.4, -0.2) is 62.0 Å². The van der Waals surface area contributed by atoms with Crippen molar-refractivity contribution < 1.29 is 9.59 Å². The Kier molecular flexibility index (Phi) is 8.41. The number of nitrogens with zero attached hydrogens (tertiary/aromatic N) is 2. The van der Waals surface area contributed by atoms with Crippen molar-refractivity contribution in [3.8, 4) is 0 Å². The van der Waals surface area contributed by atoms with Crippen molar-refractivity contribution in [1.82, 2.24) is 15.1 Å². The van der Waals surface area contributed by atoms with E-state index in [0.717, 1.165) is 30.8 Å². The predicted octanol–water partition coefficient (Wildman–Crippen LogP) is 2.70. The molecule has 1 aliphatic heterocycles. The summed E-state index contributed by atoms with van der Waals surface area (Å²) in [5.74, 6) is -0.0425. The Morgan fingerprint density at radius 1 is 1.15 bits per heavy atom. The molecule has 0 aliphatic carbocycles. The second kappa shape index (κ2) is 10.8. The van der Waals surface area contributed by atoms with Gasteiger partial charge in [0.2, 0.25) is 5.91 Å². The van der Waals surface area contributed by atoms with E-state index >= 15 is 0 Å². The number of anilines is 1. The quantitative estimate of drug-likeness (QED) is 0.786. The molecule has 0 saturated carbocycles. The molecular weight excluding hydrogens is 328 g/mol. The molecule has 2 rings (SSSR count). The summed E-state index contributed by atoms with van der Waals surface area (Å²) in [6.45, 7) is 4.17. The number of likely N-dealkylation sites (tertiary alicyclic amines) is 1. The van der Waals surface area contributed by atoms with Crippen molar-refractivity contribution in [3.63, 3.8) is 0 Å². The fourth-order valence-corrected chi connectivity index (χ4v) is 3.24. The number of hydrogen-bond donors (Lipinski definition) is 2. The summed E-state index contributed by atoms with van der Waals surface area (Å²) in [5.41, 5.74) is 1.60. The Bertz CT molecular complexity index is 583. The topological polar surface area (TPSA) is 64.7 Å². The first-order chi connectivity index (χ1) is 12.6. The molecule has 1 heterocycles. The summed E-state index contributed by atoms with van der Waals surface area (Å²) in [6, 6.07) is 7.32. The zero-order valence-corrected chi connectivity index (χ0v) is 16.1. The van der Waals surface area contributed by atoms with Gasteiger partial charge in [-0.3, -0.25) is 4.79 Å². The number of urea groups is 1. The van der Waals surface area contributed by atoms with E-state index in [9.17, 15) is 9.59 Å². The third-order valence-electron chi connectivity index (χ3n) is 4.84. The van der Waals surface area contributed by atoms with E-state index in [1.54, 1.807) is 11.9 Å². The number of amides is 3. The van der Waals surface area contributed by atoms with Gasteiger partial charge >= 0.3 is 6.03 Å². The van der Waals surface area contributed by atoms with Crippen LogP contribution in [0.4, 0.5) is 10.5 Å². The Labute approximate surface area is 156 Å². The molecule has 0 unspecified atom stereocenters. The molecule has 3 amide bonds. The first-order valence-electron chi connectivity index (χ1n) is 9.62. The van der Waals surface area contributed by atoms with Crippen LogP contribution in [0.25, 0.3) is 0 Å². The van der Waals surface area contributed by atoms with Gasteiger partial charge in [-0.2, -0.15) is 0 Å². The Balaban J connectivity index is 1.75. The molecule has 1 fully saturated rings. The second-order valence-corrected chi connectivity index (χ2v) is 7.01. The van der Waals surface area contributed by atoms with Crippen LogP contribution in [0.2, 0.25) is 0 Å². The minimum Gasteiger partial charge on any atom is -0.359 e. The van der Waals surface area contributed by atoms with Crippen molar-refractivity contribution in [2.45, 2.75) is 38.5 Å². The number of hydrogen-bond acceptors (Lipinski definition) is 3. The summed E-state index contributed by atoms with van der Waals surface area (Å²) >= 11 is 0. The average Bonchev–Trinajstić information content (AvgIpc) is 2.90. The molecule has 0 radical (unpaired) electrons. The van der Waals surface area contributed by atoms with Crippen molar-refractivity contribution in [2.75, 3.05) is 45.6 Å². The zero-order valence-electron chi connectivity index (χ0n) is 16.1. The van der Waals surface area contributed by atoms with Crippen LogP contribution in [0.3, 0.4) is 0 Å². The molecule has 1 aromatic carbocycles. The van der Waals surface area contributed by atoms with Crippen LogP contribution in [0.1, 0.15) is 37.7 Å². The number of carbonyl (C=O) groups is 2. The maximum absolute atomic E-state index is 12.4. The van der Waals surface area contributed by atoms with Gasteiger partial charge in [0.25, 0.3) is 0 Å². The molecule has 1 aliphatic rings. The standard InChI is InChI=1S/C20H32N4O2/c1-21-19(25)16-17-9-7-10-18(15-17)22-20(26)23(2)11-8-14-24-12-5-3-4-6-13-24/h7,9-10,15H,3-6,8,11-14,16H2,1-2H3,(H,21,25)(H,22,26). The molecule has 0 spiro atoms. The van der Waals surface area contributed by atoms with Gasteiger partial charge in [0.15, 0.2) is 0 Å². The van der Waals surface area contributed by atoms with Crippen LogP contribution in [0, 0.1) is 0 Å². The number of rotatable bonds is 7. The highest BCUT2D eigenvalue weighted by Gasteiger charge is 2.12. The van der Waals surface area contributed by atoms with Gasteiger partial charge < -0.3 is 20.4 Å². The number of likely N-dealkylation sites (N-methyl/N-ethyl adjacent to an activating group) is 1. The molecule has 144 valence electrons. The van der Waals surface area contributed by atoms with Crippen molar-refractivity contribution in [1.29, 1.82) is 0 Å². The number of carbonyl (C=O) groups excluding carboxylic acids is 2. The van der Waals surface area contributed by atoms with Crippen LogP contribution in [0.5, 0.6) is 0 Å². The lowest BCUT2D eigenvalue weighted by Gasteiger charge is -2.22. The largest absolute Gasteiger partial charge is 0.359 e. The van der Waals surface area contributed by atoms with E-state index in [1.165, 1.54) is 38.8 Å². The number of benzene rings is 1. The normalized spacial score (nSPS) is 15.2. The highest BCUT2D eigenvalue weighted by molar-refractivity contribution is 5.89. The van der Waals surface area contributed by atoms with Gasteiger partial charge in [0, 0.05) is 26.3 Å². The van der Waals surface area contributed by atoms with E-state index in [1.807, 2.05) is 31.3 Å². The summed E-state index contributed by atoms with van der Waals surface area (Å²) in [7, 11) is 3.45. The molecule has 1 saturated heterocycles. The predicted molar refractivity (Wildman–Crippen MR) is 105 cm³/mol. The number of nitrogens with one attached hydrogen (secondary N) is 2. The Morgan fingerprint density at radius 3 is 2.58 bits per heavy atom. The molecule has 0 aromatic heterocycles. The van der Waals surface area contributed by atoms with Crippen molar-refractivity contribution in [3.05, 3.63) is 29.8 Å². The van der Waals surface area contributed by atoms with Gasteiger partial charge in [0.05, 0.1) is 6.42 Å². The maximum atomic E-state index is 12.4. The fraction of sp³-hybridized carbons (Fsp3) is 0.600. The van der Waals surface area contributed by atoms with Gasteiger partial charge in [0.1, 0.15) is 0 Å². The maximum Gasteiger partial charge on any atom is 0.321 e. The van der Waals surface area contributed by atoms with E-state index in [-0.39, 0.29) is 11.9 Å². The van der Waals surface area contributed by atoms with Gasteiger partial charge in [-0.15, -0.1) is 0 Å². The molecular formula is C20H32N4O2. The van der Waals surface area contributed by atoms with Crippen LogP contribution in [0.15, 0.2) is 24.3 Å². The average molecular weight is 361 g/mol. The van der Waals surface area contributed by atoms with E-state index < -0.39 is 0 Å². The van der Waals surface area contributed by atoms with E-state index in [0.29, 0.717) is 6.42 Å². The molecule has 2 N–H and O–H groups in total. The second-order valence-electron chi connectivity index (χ2n) is 7.01. The lowest BCUT2D eigenvalue weighted by molar-refractivity contribution is -0.119. The van der Waals surface area contributed by atoms with Gasteiger partial charge in [-0.25, -0.2) is 4.79 Å². The van der Waals surface area contributed by atoms with Gasteiger partial charge in [-0.1, -0.05) is 25.0 Å². The lowest BCUT2D eigenvalue weighted by Crippen LogP contribution is -2.34. The lowest BCUT2D eigenvalue weighted by atomic mass is 10.1. The van der Waals surface area contributed by atoms with E-state index in [4.69, 9.17) is 0 Å². The summed E-state index contributed by atoms with van der Waals surface area (Å²) in [5, 5.41) is 5.52. The zero-order chi connectivity index (χ0) is 18.8. The van der Waals surface area contributed by atoms with Crippen LogP contribution in [-0.2, 0) is 11.2 Å². The van der Waals surface area contributed by atoms with Crippen LogP contribution >= 0.6 is 0 Å². The van der Waals surface area contributed by atoms with Crippen LogP contribution < -0.4 is 10.6 Å². The van der Waals surface area contributed by atoms with E-state index in [2.05, 4.69) is 15.5 Å². The minimum absolute atomic E-state index is 0.0425. The van der Waals surface area contributed by atoms with Crippen molar-refractivity contribution >= 4 is 17.6 Å². The molecule has 0 bridgehead atoms. The summed E-state index contributed by atoms with van der Waals surface area (Å²) < 4.78 is 0. The molecule has 1 aromatic rings. The fourth-order valence-electron chi connectivity index (χ4n) is 3.24. The molecule has 6 heteroatoms. The monoisotopic (exact) mass is 360 g/mol.